The van der Waals surface area contributed by atoms with Gasteiger partial charge in [0, 0.05) is 10.8 Å². The standard InChI is InChI=1S/C16H14F2N4S/c1-10-6-8-12(9-7-10)22-16(19-20-21-22)23-11(2)15-13(17)4-3-5-14(15)18/h3-9,11H,1-2H3. The van der Waals surface area contributed by atoms with Crippen molar-refractivity contribution in [2.45, 2.75) is 24.3 Å². The largest absolute Gasteiger partial charge is 0.214 e. The molecule has 3 aromatic rings. The smallest absolute Gasteiger partial charge is 0.207 e. The van der Waals surface area contributed by atoms with Crippen molar-refractivity contribution in [2.75, 3.05) is 0 Å². The van der Waals surface area contributed by atoms with Gasteiger partial charge in [-0.05, 0) is 48.5 Å². The second kappa shape index (κ2) is 6.45. The summed E-state index contributed by atoms with van der Waals surface area (Å²) < 4.78 is 29.3. The highest BCUT2D eigenvalue weighted by Gasteiger charge is 2.20. The molecule has 0 amide bonds. The molecular formula is C16H14F2N4S. The van der Waals surface area contributed by atoms with Gasteiger partial charge in [-0.3, -0.25) is 0 Å². The fraction of sp³-hybridized carbons (Fsp3) is 0.188. The molecule has 3 rings (SSSR count). The maximum atomic E-state index is 13.9. The Labute approximate surface area is 136 Å². The Bertz CT molecular complexity index is 797. The first-order valence-electron chi connectivity index (χ1n) is 7.02. The molecule has 1 aromatic heterocycles. The van der Waals surface area contributed by atoms with Crippen molar-refractivity contribution < 1.29 is 8.78 Å². The number of thioether (sulfide) groups is 1. The molecule has 0 aliphatic heterocycles. The molecule has 0 N–H and O–H groups in total. The summed E-state index contributed by atoms with van der Waals surface area (Å²) >= 11 is 1.20. The summed E-state index contributed by atoms with van der Waals surface area (Å²) in [4.78, 5) is 0. The molecule has 0 bridgehead atoms. The van der Waals surface area contributed by atoms with Crippen molar-refractivity contribution in [1.29, 1.82) is 0 Å². The van der Waals surface area contributed by atoms with Crippen molar-refractivity contribution in [3.8, 4) is 5.69 Å². The first-order chi connectivity index (χ1) is 11.1. The molecule has 7 heteroatoms. The van der Waals surface area contributed by atoms with Crippen molar-refractivity contribution in [1.82, 2.24) is 20.2 Å². The predicted molar refractivity (Wildman–Crippen MR) is 84.5 cm³/mol. The Morgan fingerprint density at radius 2 is 1.70 bits per heavy atom. The number of hydrogen-bond acceptors (Lipinski definition) is 4. The number of halogens is 2. The molecule has 4 nitrogen and oxygen atoms in total. The van der Waals surface area contributed by atoms with Gasteiger partial charge >= 0.3 is 0 Å². The van der Waals surface area contributed by atoms with Crippen LogP contribution < -0.4 is 0 Å². The summed E-state index contributed by atoms with van der Waals surface area (Å²) in [6.07, 6.45) is 0. The number of hydrogen-bond donors (Lipinski definition) is 0. The van der Waals surface area contributed by atoms with Crippen molar-refractivity contribution in [3.05, 3.63) is 65.2 Å². The van der Waals surface area contributed by atoms with Crippen LogP contribution in [-0.2, 0) is 0 Å². The van der Waals surface area contributed by atoms with Crippen LogP contribution in [0.3, 0.4) is 0 Å². The normalized spacial score (nSPS) is 12.3. The van der Waals surface area contributed by atoms with Gasteiger partial charge in [0.15, 0.2) is 0 Å². The van der Waals surface area contributed by atoms with Crippen LogP contribution in [0.25, 0.3) is 5.69 Å². The summed E-state index contributed by atoms with van der Waals surface area (Å²) in [5, 5.41) is 11.6. The fourth-order valence-electron chi connectivity index (χ4n) is 2.22. The van der Waals surface area contributed by atoms with Crippen LogP contribution in [0.15, 0.2) is 47.6 Å². The zero-order chi connectivity index (χ0) is 16.4. The average molecular weight is 332 g/mol. The van der Waals surface area contributed by atoms with Crippen molar-refractivity contribution in [3.63, 3.8) is 0 Å². The highest BCUT2D eigenvalue weighted by molar-refractivity contribution is 7.99. The maximum Gasteiger partial charge on any atom is 0.214 e. The summed E-state index contributed by atoms with van der Waals surface area (Å²) in [6, 6.07) is 11.5. The monoisotopic (exact) mass is 332 g/mol. The maximum absolute atomic E-state index is 13.9. The van der Waals surface area contributed by atoms with Gasteiger partial charge in [-0.15, -0.1) is 5.10 Å². The zero-order valence-corrected chi connectivity index (χ0v) is 13.4. The minimum atomic E-state index is -0.570. The highest BCUT2D eigenvalue weighted by atomic mass is 32.2. The molecule has 0 aliphatic rings. The topological polar surface area (TPSA) is 43.6 Å². The van der Waals surface area contributed by atoms with Gasteiger partial charge in [-0.2, -0.15) is 4.68 Å². The van der Waals surface area contributed by atoms with Crippen LogP contribution in [0.4, 0.5) is 8.78 Å². The van der Waals surface area contributed by atoms with Crippen LogP contribution >= 0.6 is 11.8 Å². The molecule has 2 aromatic carbocycles. The molecule has 23 heavy (non-hydrogen) atoms. The first kappa shape index (κ1) is 15.6. The number of tetrazole rings is 1. The minimum absolute atomic E-state index is 0.0240. The summed E-state index contributed by atoms with van der Waals surface area (Å²) in [7, 11) is 0. The number of rotatable bonds is 4. The molecule has 118 valence electrons. The van der Waals surface area contributed by atoms with E-state index in [0.717, 1.165) is 11.3 Å². The Morgan fingerprint density at radius 1 is 1.04 bits per heavy atom. The van der Waals surface area contributed by atoms with E-state index in [4.69, 9.17) is 0 Å². The molecule has 0 fully saturated rings. The van der Waals surface area contributed by atoms with Gasteiger partial charge in [0.05, 0.1) is 5.69 Å². The van der Waals surface area contributed by atoms with Gasteiger partial charge < -0.3 is 0 Å². The molecule has 0 saturated carbocycles. The quantitative estimate of drug-likeness (QED) is 0.675. The van der Waals surface area contributed by atoms with Crippen molar-refractivity contribution >= 4 is 11.8 Å². The number of aryl methyl sites for hydroxylation is 1. The summed E-state index contributed by atoms with van der Waals surface area (Å²) in [5.41, 5.74) is 1.94. The van der Waals surface area contributed by atoms with Gasteiger partial charge in [0.1, 0.15) is 11.6 Å². The van der Waals surface area contributed by atoms with Crippen LogP contribution in [0, 0.1) is 18.6 Å². The molecule has 0 saturated heterocycles. The average Bonchev–Trinajstić information content (AvgIpc) is 2.96. The second-order valence-corrected chi connectivity index (χ2v) is 6.41. The van der Waals surface area contributed by atoms with E-state index in [2.05, 4.69) is 15.5 Å². The van der Waals surface area contributed by atoms with Crippen LogP contribution in [0.1, 0.15) is 23.3 Å². The summed E-state index contributed by atoms with van der Waals surface area (Å²) in [6.45, 7) is 3.71. The third kappa shape index (κ3) is 3.24. The van der Waals surface area contributed by atoms with E-state index in [1.165, 1.54) is 30.0 Å². The second-order valence-electron chi connectivity index (χ2n) is 5.10. The summed E-state index contributed by atoms with van der Waals surface area (Å²) in [5.74, 6) is -1.14. The molecule has 1 unspecified atom stereocenters. The highest BCUT2D eigenvalue weighted by Crippen LogP contribution is 2.36. The molecule has 0 spiro atoms. The van der Waals surface area contributed by atoms with Crippen LogP contribution in [0.2, 0.25) is 0 Å². The lowest BCUT2D eigenvalue weighted by molar-refractivity contribution is 0.557. The van der Waals surface area contributed by atoms with E-state index in [-0.39, 0.29) is 5.56 Å². The lowest BCUT2D eigenvalue weighted by Crippen LogP contribution is -2.02. The molecular weight excluding hydrogens is 318 g/mol. The number of nitrogens with zero attached hydrogens (tertiary/aromatic N) is 4. The molecule has 1 atom stereocenters. The van der Waals surface area contributed by atoms with Gasteiger partial charge in [0.2, 0.25) is 5.16 Å². The van der Waals surface area contributed by atoms with E-state index in [9.17, 15) is 8.78 Å². The molecule has 0 radical (unpaired) electrons. The van der Waals surface area contributed by atoms with E-state index >= 15 is 0 Å². The predicted octanol–water partition coefficient (Wildman–Crippen LogP) is 4.10. The van der Waals surface area contributed by atoms with Crippen molar-refractivity contribution in [2.24, 2.45) is 0 Å². The fourth-order valence-corrected chi connectivity index (χ4v) is 3.20. The SMILES string of the molecule is Cc1ccc(-n2nnnc2SC(C)c2c(F)cccc2F)cc1. The lowest BCUT2D eigenvalue weighted by Gasteiger charge is -2.13. The van der Waals surface area contributed by atoms with E-state index in [0.29, 0.717) is 5.16 Å². The van der Waals surface area contributed by atoms with Gasteiger partial charge in [-0.1, -0.05) is 35.5 Å². The van der Waals surface area contributed by atoms with Crippen LogP contribution in [0.5, 0.6) is 0 Å². The third-order valence-corrected chi connectivity index (χ3v) is 4.46. The van der Waals surface area contributed by atoms with E-state index in [1.807, 2.05) is 31.2 Å². The third-order valence-electron chi connectivity index (χ3n) is 3.41. The molecule has 0 aliphatic carbocycles. The Hall–Kier alpha value is -2.28. The van der Waals surface area contributed by atoms with Gasteiger partial charge in [-0.25, -0.2) is 8.78 Å². The first-order valence-corrected chi connectivity index (χ1v) is 7.90. The Balaban J connectivity index is 1.90. The molecule has 1 heterocycles. The number of benzene rings is 2. The number of aromatic nitrogens is 4. The van der Waals surface area contributed by atoms with E-state index in [1.54, 1.807) is 11.6 Å². The van der Waals surface area contributed by atoms with Crippen LogP contribution in [-0.4, -0.2) is 20.2 Å². The Morgan fingerprint density at radius 3 is 2.35 bits per heavy atom. The Kier molecular flexibility index (Phi) is 4.38. The minimum Gasteiger partial charge on any atom is -0.207 e. The lowest BCUT2D eigenvalue weighted by atomic mass is 10.1. The zero-order valence-electron chi connectivity index (χ0n) is 12.6. The van der Waals surface area contributed by atoms with Gasteiger partial charge in [0.25, 0.3) is 0 Å². The van der Waals surface area contributed by atoms with E-state index < -0.39 is 16.9 Å².